The fourth-order valence-corrected chi connectivity index (χ4v) is 1.65. The molecule has 2 N–H and O–H groups in total. The molecule has 0 spiro atoms. The normalized spacial score (nSPS) is 13.4. The van der Waals surface area contributed by atoms with Crippen LogP contribution >= 0.6 is 0 Å². The van der Waals surface area contributed by atoms with Crippen molar-refractivity contribution in [1.82, 2.24) is 0 Å². The standard InChI is InChI=1S/C11H12FNO/c1-6-9-4-3-8(12)5-10(9)14-11(6)7(2)13/h3-5,7H,13H2,1-2H3. The van der Waals surface area contributed by atoms with Gasteiger partial charge in [-0.15, -0.1) is 0 Å². The van der Waals surface area contributed by atoms with Crippen molar-refractivity contribution in [2.75, 3.05) is 0 Å². The molecule has 2 aromatic rings. The van der Waals surface area contributed by atoms with Gasteiger partial charge in [0.1, 0.15) is 17.2 Å². The highest BCUT2D eigenvalue weighted by atomic mass is 19.1. The van der Waals surface area contributed by atoms with Crippen molar-refractivity contribution < 1.29 is 8.81 Å². The lowest BCUT2D eigenvalue weighted by Gasteiger charge is -2.00. The maximum atomic E-state index is 12.9. The van der Waals surface area contributed by atoms with E-state index in [0.29, 0.717) is 5.58 Å². The second-order valence-electron chi connectivity index (χ2n) is 3.52. The van der Waals surface area contributed by atoms with Crippen LogP contribution in [-0.2, 0) is 0 Å². The van der Waals surface area contributed by atoms with Gasteiger partial charge in [-0.05, 0) is 31.5 Å². The first-order chi connectivity index (χ1) is 6.59. The molecule has 0 fully saturated rings. The van der Waals surface area contributed by atoms with Crippen molar-refractivity contribution in [1.29, 1.82) is 0 Å². The molecule has 1 unspecified atom stereocenters. The van der Waals surface area contributed by atoms with Gasteiger partial charge in [-0.3, -0.25) is 0 Å². The van der Waals surface area contributed by atoms with Crippen LogP contribution in [0.25, 0.3) is 11.0 Å². The molecule has 0 aliphatic heterocycles. The molecule has 1 aromatic heterocycles. The number of aryl methyl sites for hydroxylation is 1. The van der Waals surface area contributed by atoms with Crippen LogP contribution in [0.2, 0.25) is 0 Å². The van der Waals surface area contributed by atoms with Crippen LogP contribution < -0.4 is 5.73 Å². The number of halogens is 1. The fourth-order valence-electron chi connectivity index (χ4n) is 1.65. The Kier molecular flexibility index (Phi) is 2.04. The summed E-state index contributed by atoms with van der Waals surface area (Å²) in [5.41, 5.74) is 7.29. The Bertz CT molecular complexity index is 473. The molecule has 1 atom stereocenters. The average molecular weight is 193 g/mol. The zero-order valence-electron chi connectivity index (χ0n) is 8.17. The highest BCUT2D eigenvalue weighted by Crippen LogP contribution is 2.28. The second-order valence-corrected chi connectivity index (χ2v) is 3.52. The topological polar surface area (TPSA) is 39.2 Å². The van der Waals surface area contributed by atoms with Crippen LogP contribution in [0.15, 0.2) is 22.6 Å². The van der Waals surface area contributed by atoms with E-state index in [1.165, 1.54) is 12.1 Å². The zero-order chi connectivity index (χ0) is 10.3. The van der Waals surface area contributed by atoms with Gasteiger partial charge in [0.25, 0.3) is 0 Å². The third kappa shape index (κ3) is 1.30. The lowest BCUT2D eigenvalue weighted by Crippen LogP contribution is -2.04. The fraction of sp³-hybridized carbons (Fsp3) is 0.273. The van der Waals surface area contributed by atoms with E-state index in [1.54, 1.807) is 6.07 Å². The van der Waals surface area contributed by atoms with E-state index >= 15 is 0 Å². The predicted octanol–water partition coefficient (Wildman–Crippen LogP) is 2.90. The highest BCUT2D eigenvalue weighted by molar-refractivity contribution is 5.82. The van der Waals surface area contributed by atoms with Crippen LogP contribution in [0, 0.1) is 12.7 Å². The summed E-state index contributed by atoms with van der Waals surface area (Å²) in [6.07, 6.45) is 0. The molecule has 2 rings (SSSR count). The van der Waals surface area contributed by atoms with Gasteiger partial charge in [-0.25, -0.2) is 4.39 Å². The zero-order valence-corrected chi connectivity index (χ0v) is 8.17. The Labute approximate surface area is 81.5 Å². The number of hydrogen-bond donors (Lipinski definition) is 1. The summed E-state index contributed by atoms with van der Waals surface area (Å²) in [4.78, 5) is 0. The van der Waals surface area contributed by atoms with Gasteiger partial charge < -0.3 is 10.2 Å². The number of hydrogen-bond acceptors (Lipinski definition) is 2. The largest absolute Gasteiger partial charge is 0.459 e. The molecule has 0 aliphatic rings. The monoisotopic (exact) mass is 193 g/mol. The summed E-state index contributed by atoms with van der Waals surface area (Å²) in [6, 6.07) is 4.37. The molecule has 0 aliphatic carbocycles. The summed E-state index contributed by atoms with van der Waals surface area (Å²) in [5.74, 6) is 0.438. The van der Waals surface area contributed by atoms with Gasteiger partial charge >= 0.3 is 0 Å². The minimum absolute atomic E-state index is 0.162. The van der Waals surface area contributed by atoms with Crippen LogP contribution in [0.3, 0.4) is 0 Å². The van der Waals surface area contributed by atoms with Gasteiger partial charge in [-0.1, -0.05) is 0 Å². The molecule has 3 heteroatoms. The van der Waals surface area contributed by atoms with Crippen LogP contribution in [0.1, 0.15) is 24.3 Å². The third-order valence-corrected chi connectivity index (χ3v) is 2.35. The third-order valence-electron chi connectivity index (χ3n) is 2.35. The summed E-state index contributed by atoms with van der Waals surface area (Å²) in [5, 5.41) is 0.929. The maximum absolute atomic E-state index is 12.9. The van der Waals surface area contributed by atoms with E-state index in [1.807, 2.05) is 13.8 Å². The summed E-state index contributed by atoms with van der Waals surface area (Å²) < 4.78 is 18.4. The molecule has 0 saturated carbocycles. The maximum Gasteiger partial charge on any atom is 0.137 e. The predicted molar refractivity (Wildman–Crippen MR) is 53.5 cm³/mol. The molecule has 2 nitrogen and oxygen atoms in total. The number of rotatable bonds is 1. The number of benzene rings is 1. The summed E-state index contributed by atoms with van der Waals surface area (Å²) in [6.45, 7) is 3.78. The molecule has 1 aromatic carbocycles. The molecule has 0 radical (unpaired) electrons. The SMILES string of the molecule is Cc1c(C(C)N)oc2cc(F)ccc12. The first kappa shape index (κ1) is 9.21. The Hall–Kier alpha value is -1.35. The number of fused-ring (bicyclic) bond motifs is 1. The average Bonchev–Trinajstić information content (AvgIpc) is 2.43. The van der Waals surface area contributed by atoms with Crippen LogP contribution in [0.5, 0.6) is 0 Å². The first-order valence-electron chi connectivity index (χ1n) is 4.53. The Morgan fingerprint density at radius 2 is 2.14 bits per heavy atom. The molecule has 0 amide bonds. The minimum Gasteiger partial charge on any atom is -0.459 e. The van der Waals surface area contributed by atoms with Gasteiger partial charge in [0.15, 0.2) is 0 Å². The quantitative estimate of drug-likeness (QED) is 0.756. The molecular weight excluding hydrogens is 181 g/mol. The van der Waals surface area contributed by atoms with Crippen LogP contribution in [0.4, 0.5) is 4.39 Å². The van der Waals surface area contributed by atoms with E-state index in [0.717, 1.165) is 16.7 Å². The molecule has 0 bridgehead atoms. The first-order valence-corrected chi connectivity index (χ1v) is 4.53. The second kappa shape index (κ2) is 3.10. The van der Waals surface area contributed by atoms with Gasteiger partial charge in [0.05, 0.1) is 6.04 Å². The molecule has 0 saturated heterocycles. The van der Waals surface area contributed by atoms with E-state index in [9.17, 15) is 4.39 Å². The Morgan fingerprint density at radius 3 is 2.79 bits per heavy atom. The molecule has 14 heavy (non-hydrogen) atoms. The highest BCUT2D eigenvalue weighted by Gasteiger charge is 2.13. The van der Waals surface area contributed by atoms with Crippen molar-refractivity contribution in [3.63, 3.8) is 0 Å². The minimum atomic E-state index is -0.289. The van der Waals surface area contributed by atoms with Crippen molar-refractivity contribution in [3.8, 4) is 0 Å². The Morgan fingerprint density at radius 1 is 1.43 bits per heavy atom. The lowest BCUT2D eigenvalue weighted by atomic mass is 10.1. The summed E-state index contributed by atoms with van der Waals surface area (Å²) in [7, 11) is 0. The van der Waals surface area contributed by atoms with E-state index < -0.39 is 0 Å². The van der Waals surface area contributed by atoms with Gasteiger partial charge in [0, 0.05) is 11.5 Å². The van der Waals surface area contributed by atoms with Crippen molar-refractivity contribution in [2.45, 2.75) is 19.9 Å². The smallest absolute Gasteiger partial charge is 0.137 e. The van der Waals surface area contributed by atoms with Crippen molar-refractivity contribution in [3.05, 3.63) is 35.3 Å². The number of nitrogens with two attached hydrogens (primary N) is 1. The van der Waals surface area contributed by atoms with E-state index in [2.05, 4.69) is 0 Å². The Balaban J connectivity index is 2.73. The number of furan rings is 1. The van der Waals surface area contributed by atoms with Gasteiger partial charge in [-0.2, -0.15) is 0 Å². The van der Waals surface area contributed by atoms with Crippen LogP contribution in [-0.4, -0.2) is 0 Å². The van der Waals surface area contributed by atoms with Gasteiger partial charge in [0.2, 0.25) is 0 Å². The summed E-state index contributed by atoms with van der Waals surface area (Å²) >= 11 is 0. The van der Waals surface area contributed by atoms with Crippen molar-refractivity contribution in [2.24, 2.45) is 5.73 Å². The molecule has 74 valence electrons. The van der Waals surface area contributed by atoms with Crippen molar-refractivity contribution >= 4 is 11.0 Å². The van der Waals surface area contributed by atoms with E-state index in [-0.39, 0.29) is 11.9 Å². The van der Waals surface area contributed by atoms with E-state index in [4.69, 9.17) is 10.2 Å². The molecular formula is C11H12FNO. The lowest BCUT2D eigenvalue weighted by molar-refractivity contribution is 0.507. The molecule has 1 heterocycles.